The molecule has 0 spiro atoms. The summed E-state index contributed by atoms with van der Waals surface area (Å²) >= 11 is 0. The van der Waals surface area contributed by atoms with E-state index in [2.05, 4.69) is 4.98 Å². The number of likely N-dealkylation sites (N-methyl/N-ethyl adjacent to an activating group) is 1. The molecule has 0 aliphatic heterocycles. The minimum absolute atomic E-state index is 0.00268. The fourth-order valence-electron chi connectivity index (χ4n) is 1.34. The summed E-state index contributed by atoms with van der Waals surface area (Å²) in [6, 6.07) is 3.36. The highest BCUT2D eigenvalue weighted by Crippen LogP contribution is 2.11. The summed E-state index contributed by atoms with van der Waals surface area (Å²) < 4.78 is 5.00. The van der Waals surface area contributed by atoms with Crippen molar-refractivity contribution < 1.29 is 9.53 Å². The quantitative estimate of drug-likeness (QED) is 0.818. The number of carbonyl (C=O) groups is 1. The Morgan fingerprint density at radius 2 is 2.38 bits per heavy atom. The van der Waals surface area contributed by atoms with Crippen LogP contribution >= 0.6 is 0 Å². The average molecular weight is 223 g/mol. The van der Waals surface area contributed by atoms with Crippen molar-refractivity contribution in [3.05, 3.63) is 23.9 Å². The fourth-order valence-corrected chi connectivity index (χ4v) is 1.34. The molecule has 1 unspecified atom stereocenters. The lowest BCUT2D eigenvalue weighted by Gasteiger charge is -2.24. The maximum atomic E-state index is 12.0. The Kier molecular flexibility index (Phi) is 4.25. The molecule has 0 bridgehead atoms. The number of nitrogen functional groups attached to an aromatic ring is 1. The van der Waals surface area contributed by atoms with Crippen LogP contribution in [0.1, 0.15) is 17.3 Å². The van der Waals surface area contributed by atoms with Crippen molar-refractivity contribution in [1.82, 2.24) is 9.88 Å². The second-order valence-corrected chi connectivity index (χ2v) is 3.66. The van der Waals surface area contributed by atoms with E-state index in [0.717, 1.165) is 0 Å². The zero-order valence-electron chi connectivity index (χ0n) is 9.80. The van der Waals surface area contributed by atoms with E-state index in [9.17, 15) is 4.79 Å². The number of aromatic nitrogens is 1. The van der Waals surface area contributed by atoms with E-state index >= 15 is 0 Å². The van der Waals surface area contributed by atoms with Crippen LogP contribution in [0.15, 0.2) is 18.3 Å². The van der Waals surface area contributed by atoms with Gasteiger partial charge in [0.25, 0.3) is 5.91 Å². The molecule has 5 nitrogen and oxygen atoms in total. The van der Waals surface area contributed by atoms with Crippen molar-refractivity contribution in [2.75, 3.05) is 26.5 Å². The number of nitrogens with two attached hydrogens (primary N) is 1. The minimum atomic E-state index is -0.143. The van der Waals surface area contributed by atoms with Gasteiger partial charge >= 0.3 is 0 Å². The third-order valence-electron chi connectivity index (χ3n) is 2.46. The molecule has 1 rings (SSSR count). The molecule has 88 valence electrons. The molecule has 1 aromatic heterocycles. The Bertz CT molecular complexity index is 368. The molecule has 1 heterocycles. The normalized spacial score (nSPS) is 12.2. The van der Waals surface area contributed by atoms with Gasteiger partial charge in [-0.25, -0.2) is 4.98 Å². The molecule has 1 aromatic rings. The molecule has 1 amide bonds. The summed E-state index contributed by atoms with van der Waals surface area (Å²) in [7, 11) is 3.33. The number of carbonyl (C=O) groups excluding carboxylic acids is 1. The van der Waals surface area contributed by atoms with Crippen LogP contribution in [0.5, 0.6) is 0 Å². The number of amides is 1. The number of pyridine rings is 1. The number of hydrogen-bond acceptors (Lipinski definition) is 4. The van der Waals surface area contributed by atoms with Crippen LogP contribution < -0.4 is 5.73 Å². The van der Waals surface area contributed by atoms with Crippen LogP contribution in [-0.4, -0.2) is 42.6 Å². The van der Waals surface area contributed by atoms with Crippen molar-refractivity contribution in [2.45, 2.75) is 13.0 Å². The fraction of sp³-hybridized carbons (Fsp3) is 0.455. The maximum Gasteiger partial charge on any atom is 0.257 e. The Hall–Kier alpha value is -1.62. The van der Waals surface area contributed by atoms with Gasteiger partial charge in [0.05, 0.1) is 18.2 Å². The molecule has 5 heteroatoms. The van der Waals surface area contributed by atoms with Gasteiger partial charge in [-0.1, -0.05) is 0 Å². The Labute approximate surface area is 95.2 Å². The Morgan fingerprint density at radius 3 is 2.94 bits per heavy atom. The van der Waals surface area contributed by atoms with E-state index < -0.39 is 0 Å². The first-order valence-electron chi connectivity index (χ1n) is 5.04. The topological polar surface area (TPSA) is 68.5 Å². The van der Waals surface area contributed by atoms with Crippen LogP contribution in [0.2, 0.25) is 0 Å². The summed E-state index contributed by atoms with van der Waals surface area (Å²) in [5.41, 5.74) is 6.07. The van der Waals surface area contributed by atoms with Gasteiger partial charge in [0, 0.05) is 20.4 Å². The van der Waals surface area contributed by atoms with Gasteiger partial charge in [-0.05, 0) is 19.1 Å². The molecule has 0 aromatic carbocycles. The predicted octanol–water partition coefficient (Wildman–Crippen LogP) is 0.771. The van der Waals surface area contributed by atoms with Crippen molar-refractivity contribution in [3.8, 4) is 0 Å². The summed E-state index contributed by atoms with van der Waals surface area (Å²) in [6.07, 6.45) is 1.56. The lowest BCUT2D eigenvalue weighted by atomic mass is 10.2. The maximum absolute atomic E-state index is 12.0. The van der Waals surface area contributed by atoms with Crippen molar-refractivity contribution >= 4 is 11.7 Å². The van der Waals surface area contributed by atoms with E-state index in [4.69, 9.17) is 10.5 Å². The molecule has 0 aliphatic carbocycles. The number of nitrogens with zero attached hydrogens (tertiary/aromatic N) is 2. The van der Waals surface area contributed by atoms with E-state index in [0.29, 0.717) is 12.2 Å². The highest BCUT2D eigenvalue weighted by molar-refractivity contribution is 5.98. The van der Waals surface area contributed by atoms with Gasteiger partial charge < -0.3 is 15.4 Å². The van der Waals surface area contributed by atoms with E-state index in [1.54, 1.807) is 37.4 Å². The van der Waals surface area contributed by atoms with Gasteiger partial charge in [-0.3, -0.25) is 4.79 Å². The highest BCUT2D eigenvalue weighted by Gasteiger charge is 2.19. The first-order chi connectivity index (χ1) is 7.57. The molecule has 0 fully saturated rings. The Balaban J connectivity index is 2.82. The first kappa shape index (κ1) is 12.4. The monoisotopic (exact) mass is 223 g/mol. The number of hydrogen-bond donors (Lipinski definition) is 1. The molecule has 0 aliphatic rings. The van der Waals surface area contributed by atoms with Gasteiger partial charge in [-0.15, -0.1) is 0 Å². The molecule has 0 saturated heterocycles. The van der Waals surface area contributed by atoms with Crippen LogP contribution in [-0.2, 0) is 4.74 Å². The van der Waals surface area contributed by atoms with Crippen molar-refractivity contribution in [2.24, 2.45) is 0 Å². The molecule has 0 radical (unpaired) electrons. The standard InChI is InChI=1S/C11H17N3O2/c1-8(7-16-3)14(2)11(15)9-5-4-6-13-10(9)12/h4-6,8H,7H2,1-3H3,(H2,12,13). The Morgan fingerprint density at radius 1 is 1.69 bits per heavy atom. The van der Waals surface area contributed by atoms with Gasteiger partial charge in [0.1, 0.15) is 5.82 Å². The zero-order chi connectivity index (χ0) is 12.1. The minimum Gasteiger partial charge on any atom is -0.383 e. The summed E-state index contributed by atoms with van der Waals surface area (Å²) in [4.78, 5) is 17.5. The second-order valence-electron chi connectivity index (χ2n) is 3.66. The summed E-state index contributed by atoms with van der Waals surface area (Å²) in [6.45, 7) is 2.40. The van der Waals surface area contributed by atoms with Gasteiger partial charge in [0.15, 0.2) is 0 Å². The smallest absolute Gasteiger partial charge is 0.257 e. The summed E-state index contributed by atoms with van der Waals surface area (Å²) in [5.74, 6) is 0.110. The second kappa shape index (κ2) is 5.46. The van der Waals surface area contributed by atoms with E-state index in [1.807, 2.05) is 6.92 Å². The molecule has 16 heavy (non-hydrogen) atoms. The zero-order valence-corrected chi connectivity index (χ0v) is 9.80. The van der Waals surface area contributed by atoms with Gasteiger partial charge in [0.2, 0.25) is 0 Å². The van der Waals surface area contributed by atoms with E-state index in [1.165, 1.54) is 0 Å². The molecule has 2 N–H and O–H groups in total. The largest absolute Gasteiger partial charge is 0.383 e. The molecular weight excluding hydrogens is 206 g/mol. The van der Waals surface area contributed by atoms with Crippen molar-refractivity contribution in [1.29, 1.82) is 0 Å². The van der Waals surface area contributed by atoms with Crippen LogP contribution in [0, 0.1) is 0 Å². The molecule has 1 atom stereocenters. The van der Waals surface area contributed by atoms with Crippen LogP contribution in [0.4, 0.5) is 5.82 Å². The number of rotatable bonds is 4. The summed E-state index contributed by atoms with van der Waals surface area (Å²) in [5, 5.41) is 0. The van der Waals surface area contributed by atoms with Crippen LogP contribution in [0.25, 0.3) is 0 Å². The number of anilines is 1. The predicted molar refractivity (Wildman–Crippen MR) is 62.1 cm³/mol. The molecule has 0 saturated carbocycles. The average Bonchev–Trinajstić information content (AvgIpc) is 2.28. The third kappa shape index (κ3) is 2.70. The lowest BCUT2D eigenvalue weighted by Crippen LogP contribution is -2.38. The van der Waals surface area contributed by atoms with E-state index in [-0.39, 0.29) is 17.8 Å². The van der Waals surface area contributed by atoms with Gasteiger partial charge in [-0.2, -0.15) is 0 Å². The highest BCUT2D eigenvalue weighted by atomic mass is 16.5. The molecular formula is C11H17N3O2. The SMILES string of the molecule is COCC(C)N(C)C(=O)c1cccnc1N. The number of methoxy groups -OCH3 is 1. The first-order valence-corrected chi connectivity index (χ1v) is 5.04. The third-order valence-corrected chi connectivity index (χ3v) is 2.46. The van der Waals surface area contributed by atoms with Crippen molar-refractivity contribution in [3.63, 3.8) is 0 Å². The van der Waals surface area contributed by atoms with Crippen LogP contribution in [0.3, 0.4) is 0 Å². The number of ether oxygens (including phenoxy) is 1. The lowest BCUT2D eigenvalue weighted by molar-refractivity contribution is 0.0634.